The van der Waals surface area contributed by atoms with E-state index in [4.69, 9.17) is 4.74 Å². The van der Waals surface area contributed by atoms with Crippen LogP contribution in [0.5, 0.6) is 5.75 Å². The van der Waals surface area contributed by atoms with E-state index in [1.165, 1.54) is 11.9 Å². The number of hydrogen-bond acceptors (Lipinski definition) is 4. The predicted molar refractivity (Wildman–Crippen MR) is 103 cm³/mol. The summed E-state index contributed by atoms with van der Waals surface area (Å²) in [6.45, 7) is 3.63. The number of aromatic nitrogens is 3. The summed E-state index contributed by atoms with van der Waals surface area (Å²) >= 11 is 0. The van der Waals surface area contributed by atoms with Gasteiger partial charge in [-0.25, -0.2) is 4.68 Å². The van der Waals surface area contributed by atoms with Crippen LogP contribution in [0.4, 0.5) is 5.95 Å². The van der Waals surface area contributed by atoms with Crippen molar-refractivity contribution in [2.75, 3.05) is 12.0 Å². The van der Waals surface area contributed by atoms with Gasteiger partial charge in [0, 0.05) is 12.5 Å². The van der Waals surface area contributed by atoms with Crippen LogP contribution in [0, 0.1) is 6.92 Å². The number of anilines is 1. The minimum Gasteiger partial charge on any atom is -0.496 e. The van der Waals surface area contributed by atoms with Gasteiger partial charge < -0.3 is 4.74 Å². The highest BCUT2D eigenvalue weighted by atomic mass is 16.5. The van der Waals surface area contributed by atoms with Crippen LogP contribution in [0.25, 0.3) is 0 Å². The molecule has 0 aliphatic carbocycles. The molecule has 0 N–H and O–H groups in total. The summed E-state index contributed by atoms with van der Waals surface area (Å²) in [6, 6.07) is 16.1. The molecule has 2 aromatic carbocycles. The second-order valence-electron chi connectivity index (χ2n) is 6.81. The summed E-state index contributed by atoms with van der Waals surface area (Å²) in [7, 11) is 1.67. The Balaban J connectivity index is 1.86. The Labute approximate surface area is 158 Å². The number of aryl methyl sites for hydroxylation is 1. The first kappa shape index (κ1) is 17.3. The Morgan fingerprint density at radius 1 is 1.11 bits per heavy atom. The summed E-state index contributed by atoms with van der Waals surface area (Å²) in [6.07, 6.45) is 2.20. The number of benzene rings is 2. The number of rotatable bonds is 3. The van der Waals surface area contributed by atoms with Crippen LogP contribution >= 0.6 is 0 Å². The number of para-hydroxylation sites is 1. The summed E-state index contributed by atoms with van der Waals surface area (Å²) in [5.74, 6) is 1.33. The molecular weight excluding hydrogens is 340 g/mol. The standard InChI is InChI=1S/C21H22N4O2/c1-14-8-10-16(11-9-14)18-12-19(17-6-4-5-7-20(17)27-3)25-21(22-13-23-25)24(18)15(2)26/h4-11,13,18-19H,12H2,1-3H3/t18-,19-/m1/s1. The van der Waals surface area contributed by atoms with E-state index < -0.39 is 0 Å². The van der Waals surface area contributed by atoms with E-state index in [0.717, 1.165) is 16.9 Å². The van der Waals surface area contributed by atoms with Gasteiger partial charge in [0.05, 0.1) is 19.2 Å². The number of fused-ring (bicyclic) bond motifs is 1. The van der Waals surface area contributed by atoms with Crippen LogP contribution in [-0.4, -0.2) is 27.8 Å². The van der Waals surface area contributed by atoms with E-state index in [1.54, 1.807) is 18.9 Å². The zero-order valence-corrected chi connectivity index (χ0v) is 15.7. The molecule has 1 amide bonds. The van der Waals surface area contributed by atoms with Crippen LogP contribution in [0.3, 0.4) is 0 Å². The summed E-state index contributed by atoms with van der Waals surface area (Å²) in [5, 5.41) is 4.42. The number of nitrogens with zero attached hydrogens (tertiary/aromatic N) is 4. The van der Waals surface area contributed by atoms with E-state index in [2.05, 4.69) is 41.3 Å². The third-order valence-electron chi connectivity index (χ3n) is 5.12. The van der Waals surface area contributed by atoms with E-state index in [-0.39, 0.29) is 18.0 Å². The summed E-state index contributed by atoms with van der Waals surface area (Å²) < 4.78 is 7.40. The molecule has 0 saturated carbocycles. The zero-order chi connectivity index (χ0) is 19.0. The van der Waals surface area contributed by atoms with Crippen molar-refractivity contribution in [1.29, 1.82) is 0 Å². The van der Waals surface area contributed by atoms with Crippen LogP contribution < -0.4 is 9.64 Å². The minimum atomic E-state index is -0.116. The number of ether oxygens (including phenoxy) is 1. The van der Waals surface area contributed by atoms with Gasteiger partial charge in [-0.1, -0.05) is 48.0 Å². The fourth-order valence-corrected chi connectivity index (χ4v) is 3.83. The first-order valence-electron chi connectivity index (χ1n) is 8.99. The van der Waals surface area contributed by atoms with Gasteiger partial charge in [-0.15, -0.1) is 0 Å². The Bertz CT molecular complexity index is 964. The van der Waals surface area contributed by atoms with Crippen molar-refractivity contribution in [1.82, 2.24) is 14.8 Å². The minimum absolute atomic E-state index is 0.0479. The number of hydrogen-bond donors (Lipinski definition) is 0. The topological polar surface area (TPSA) is 60.2 Å². The first-order valence-corrected chi connectivity index (χ1v) is 8.99. The molecule has 0 spiro atoms. The maximum atomic E-state index is 12.5. The third-order valence-corrected chi connectivity index (χ3v) is 5.12. The van der Waals surface area contributed by atoms with Gasteiger partial charge in [0.25, 0.3) is 0 Å². The van der Waals surface area contributed by atoms with Gasteiger partial charge in [0.15, 0.2) is 0 Å². The zero-order valence-electron chi connectivity index (χ0n) is 15.7. The number of amides is 1. The van der Waals surface area contributed by atoms with Crippen molar-refractivity contribution in [2.45, 2.75) is 32.4 Å². The van der Waals surface area contributed by atoms with Gasteiger partial charge in [-0.05, 0) is 25.0 Å². The van der Waals surface area contributed by atoms with Gasteiger partial charge in [0.1, 0.15) is 12.1 Å². The molecule has 4 rings (SSSR count). The molecule has 138 valence electrons. The lowest BCUT2D eigenvalue weighted by atomic mass is 9.91. The van der Waals surface area contributed by atoms with Crippen LogP contribution in [-0.2, 0) is 4.79 Å². The molecule has 0 radical (unpaired) electrons. The molecule has 6 nitrogen and oxygen atoms in total. The van der Waals surface area contributed by atoms with Crippen molar-refractivity contribution in [3.05, 3.63) is 71.5 Å². The van der Waals surface area contributed by atoms with Crippen molar-refractivity contribution in [3.8, 4) is 5.75 Å². The molecular formula is C21H22N4O2. The van der Waals surface area contributed by atoms with E-state index >= 15 is 0 Å². The second-order valence-corrected chi connectivity index (χ2v) is 6.81. The lowest BCUT2D eigenvalue weighted by molar-refractivity contribution is -0.117. The largest absolute Gasteiger partial charge is 0.496 e. The third kappa shape index (κ3) is 2.97. The molecule has 0 bridgehead atoms. The molecule has 3 aromatic rings. The molecule has 2 atom stereocenters. The van der Waals surface area contributed by atoms with Crippen molar-refractivity contribution >= 4 is 11.9 Å². The SMILES string of the molecule is COc1ccccc1[C@H]1C[C@H](c2ccc(C)cc2)N(C(C)=O)c2ncnn21. The quantitative estimate of drug-likeness (QED) is 0.713. The monoisotopic (exact) mass is 362 g/mol. The lowest BCUT2D eigenvalue weighted by Gasteiger charge is -2.39. The number of methoxy groups -OCH3 is 1. The molecule has 27 heavy (non-hydrogen) atoms. The predicted octanol–water partition coefficient (Wildman–Crippen LogP) is 3.68. The van der Waals surface area contributed by atoms with Crippen molar-refractivity contribution < 1.29 is 9.53 Å². The van der Waals surface area contributed by atoms with Crippen LogP contribution in [0.1, 0.15) is 42.1 Å². The Morgan fingerprint density at radius 2 is 1.85 bits per heavy atom. The molecule has 1 aliphatic heterocycles. The van der Waals surface area contributed by atoms with Gasteiger partial charge in [0.2, 0.25) is 11.9 Å². The highest BCUT2D eigenvalue weighted by Crippen LogP contribution is 2.43. The first-order chi connectivity index (χ1) is 13.1. The lowest BCUT2D eigenvalue weighted by Crippen LogP contribution is -2.41. The molecule has 6 heteroatoms. The average Bonchev–Trinajstić information content (AvgIpc) is 3.16. The second kappa shape index (κ2) is 6.87. The Kier molecular flexibility index (Phi) is 4.39. The smallest absolute Gasteiger partial charge is 0.231 e. The van der Waals surface area contributed by atoms with E-state index in [1.807, 2.05) is 28.9 Å². The fourth-order valence-electron chi connectivity index (χ4n) is 3.83. The van der Waals surface area contributed by atoms with Crippen molar-refractivity contribution in [2.24, 2.45) is 0 Å². The van der Waals surface area contributed by atoms with E-state index in [9.17, 15) is 4.79 Å². The molecule has 0 fully saturated rings. The van der Waals surface area contributed by atoms with Crippen LogP contribution in [0.2, 0.25) is 0 Å². The fraction of sp³-hybridized carbons (Fsp3) is 0.286. The number of carbonyl (C=O) groups excluding carboxylic acids is 1. The highest BCUT2D eigenvalue weighted by Gasteiger charge is 2.38. The summed E-state index contributed by atoms with van der Waals surface area (Å²) in [4.78, 5) is 18.6. The normalized spacial score (nSPS) is 18.9. The molecule has 0 saturated heterocycles. The van der Waals surface area contributed by atoms with Crippen LogP contribution in [0.15, 0.2) is 54.9 Å². The Hall–Kier alpha value is -3.15. The van der Waals surface area contributed by atoms with Gasteiger partial charge in [-0.3, -0.25) is 9.69 Å². The maximum absolute atomic E-state index is 12.5. The average molecular weight is 362 g/mol. The van der Waals surface area contributed by atoms with Gasteiger partial charge >= 0.3 is 0 Å². The van der Waals surface area contributed by atoms with Gasteiger partial charge in [-0.2, -0.15) is 10.1 Å². The van der Waals surface area contributed by atoms with E-state index in [0.29, 0.717) is 12.4 Å². The molecule has 1 aliphatic rings. The maximum Gasteiger partial charge on any atom is 0.231 e. The Morgan fingerprint density at radius 3 is 2.56 bits per heavy atom. The number of carbonyl (C=O) groups is 1. The highest BCUT2D eigenvalue weighted by molar-refractivity contribution is 5.91. The molecule has 2 heterocycles. The summed E-state index contributed by atoms with van der Waals surface area (Å²) in [5.41, 5.74) is 3.31. The molecule has 0 unspecified atom stereocenters. The molecule has 1 aromatic heterocycles. The van der Waals surface area contributed by atoms with Crippen molar-refractivity contribution in [3.63, 3.8) is 0 Å².